The molecule has 0 aliphatic carbocycles. The van der Waals surface area contributed by atoms with Gasteiger partial charge in [0.1, 0.15) is 5.69 Å². The van der Waals surface area contributed by atoms with Gasteiger partial charge in [-0.05, 0) is 34.4 Å². The lowest BCUT2D eigenvalue weighted by Gasteiger charge is -2.20. The first-order valence-electron chi connectivity index (χ1n) is 12.0. The number of carboxylic acids is 1. The van der Waals surface area contributed by atoms with Crippen LogP contribution in [0.4, 0.5) is 10.5 Å². The quantitative estimate of drug-likeness (QED) is 0.242. The van der Waals surface area contributed by atoms with Crippen LogP contribution in [0.3, 0.4) is 0 Å². The lowest BCUT2D eigenvalue weighted by Crippen LogP contribution is -2.36. The highest BCUT2D eigenvalue weighted by molar-refractivity contribution is 6.31. The molecule has 0 aliphatic heterocycles. The predicted molar refractivity (Wildman–Crippen MR) is 148 cm³/mol. The molecule has 2 amide bonds. The van der Waals surface area contributed by atoms with E-state index in [1.807, 2.05) is 48.5 Å². The van der Waals surface area contributed by atoms with Gasteiger partial charge in [-0.15, -0.1) is 0 Å². The molecule has 4 rings (SSSR count). The Hall–Kier alpha value is -4.40. The summed E-state index contributed by atoms with van der Waals surface area (Å²) in [5, 5.41) is 15.3. The number of amides is 2. The van der Waals surface area contributed by atoms with E-state index < -0.39 is 23.6 Å². The number of carbonyl (C=O) groups is 2. The fourth-order valence-electron chi connectivity index (χ4n) is 4.11. The molecule has 1 aromatic heterocycles. The lowest BCUT2D eigenvalue weighted by molar-refractivity contribution is -0.137. The molecule has 0 spiro atoms. The van der Waals surface area contributed by atoms with Gasteiger partial charge in [0.15, 0.2) is 0 Å². The molecule has 1 atom stereocenters. The van der Waals surface area contributed by atoms with Crippen LogP contribution in [0.1, 0.15) is 29.2 Å². The number of hydrogen-bond donors (Lipinski definition) is 4. The van der Waals surface area contributed by atoms with Gasteiger partial charge < -0.3 is 26.0 Å². The maximum Gasteiger partial charge on any atom is 0.319 e. The number of pyridine rings is 1. The maximum atomic E-state index is 13.6. The number of anilines is 1. The van der Waals surface area contributed by atoms with Crippen molar-refractivity contribution in [2.45, 2.75) is 25.6 Å². The predicted octanol–water partition coefficient (Wildman–Crippen LogP) is 5.01. The smallest absolute Gasteiger partial charge is 0.319 e. The summed E-state index contributed by atoms with van der Waals surface area (Å²) in [7, 11) is 0. The molecule has 3 aromatic carbocycles. The molecule has 0 unspecified atom stereocenters. The monoisotopic (exact) mass is 530 g/mol. The van der Waals surface area contributed by atoms with E-state index in [0.717, 1.165) is 16.7 Å². The minimum Gasteiger partial charge on any atom is -0.481 e. The number of benzene rings is 3. The SMILES string of the molecule is NCc1ccc([C@H](CC(=O)O)NC(=O)Nc2c(-c3ccccc3)ccn(Cc3ccccc3Cl)c2=O)cc1. The van der Waals surface area contributed by atoms with Crippen molar-refractivity contribution in [1.29, 1.82) is 0 Å². The molecular weight excluding hydrogens is 504 g/mol. The van der Waals surface area contributed by atoms with Crippen molar-refractivity contribution in [1.82, 2.24) is 9.88 Å². The van der Waals surface area contributed by atoms with Crippen molar-refractivity contribution in [3.63, 3.8) is 0 Å². The molecule has 0 fully saturated rings. The number of aromatic nitrogens is 1. The zero-order valence-corrected chi connectivity index (χ0v) is 21.2. The third kappa shape index (κ3) is 6.47. The van der Waals surface area contributed by atoms with E-state index in [1.54, 1.807) is 42.6 Å². The van der Waals surface area contributed by atoms with Crippen LogP contribution in [0.25, 0.3) is 11.1 Å². The van der Waals surface area contributed by atoms with Crippen LogP contribution in [0.2, 0.25) is 5.02 Å². The van der Waals surface area contributed by atoms with Crippen molar-refractivity contribution in [3.05, 3.63) is 123 Å². The second-order valence-corrected chi connectivity index (χ2v) is 9.10. The van der Waals surface area contributed by atoms with E-state index >= 15 is 0 Å². The first-order valence-corrected chi connectivity index (χ1v) is 12.3. The highest BCUT2D eigenvalue weighted by Gasteiger charge is 2.21. The fourth-order valence-corrected chi connectivity index (χ4v) is 4.30. The first kappa shape index (κ1) is 26.7. The van der Waals surface area contributed by atoms with Crippen molar-refractivity contribution < 1.29 is 14.7 Å². The normalized spacial score (nSPS) is 11.5. The van der Waals surface area contributed by atoms with Crippen molar-refractivity contribution in [3.8, 4) is 11.1 Å². The number of carbonyl (C=O) groups excluding carboxylic acids is 1. The number of nitrogens with two attached hydrogens (primary N) is 1. The van der Waals surface area contributed by atoms with Crippen LogP contribution in [-0.4, -0.2) is 21.7 Å². The maximum absolute atomic E-state index is 13.6. The zero-order chi connectivity index (χ0) is 27.1. The van der Waals surface area contributed by atoms with Crippen LogP contribution in [0.5, 0.6) is 0 Å². The van der Waals surface area contributed by atoms with Crippen LogP contribution in [0.15, 0.2) is 95.9 Å². The Morgan fingerprint density at radius 2 is 1.63 bits per heavy atom. The minimum atomic E-state index is -1.08. The number of urea groups is 1. The summed E-state index contributed by atoms with van der Waals surface area (Å²) in [6.45, 7) is 0.549. The molecular formula is C29H27ClN4O4. The van der Waals surface area contributed by atoms with Gasteiger partial charge >= 0.3 is 12.0 Å². The third-order valence-corrected chi connectivity index (χ3v) is 6.46. The van der Waals surface area contributed by atoms with Crippen molar-refractivity contribution >= 4 is 29.3 Å². The van der Waals surface area contributed by atoms with Crippen molar-refractivity contribution in [2.75, 3.05) is 5.32 Å². The Morgan fingerprint density at radius 3 is 2.29 bits per heavy atom. The summed E-state index contributed by atoms with van der Waals surface area (Å²) >= 11 is 6.30. The Morgan fingerprint density at radius 1 is 0.947 bits per heavy atom. The molecule has 8 nitrogen and oxygen atoms in total. The molecule has 0 saturated heterocycles. The van der Waals surface area contributed by atoms with Gasteiger partial charge in [0.25, 0.3) is 5.56 Å². The molecule has 9 heteroatoms. The standard InChI is InChI=1S/C29H27ClN4O4/c30-24-9-5-4-8-22(24)18-34-15-14-23(20-6-2-1-3-7-20)27(28(34)37)33-29(38)32-25(16-26(35)36)21-12-10-19(17-31)11-13-21/h1-15,25H,16-18,31H2,(H,35,36)(H2,32,33,38)/t25-/m0/s1. The van der Waals surface area contributed by atoms with E-state index in [2.05, 4.69) is 10.6 Å². The summed E-state index contributed by atoms with van der Waals surface area (Å²) in [5.74, 6) is -1.08. The number of nitrogens with one attached hydrogen (secondary N) is 2. The van der Waals surface area contributed by atoms with Gasteiger partial charge in [0, 0.05) is 23.3 Å². The van der Waals surface area contributed by atoms with Crippen LogP contribution >= 0.6 is 11.6 Å². The van der Waals surface area contributed by atoms with Crippen LogP contribution < -0.4 is 21.9 Å². The number of halogens is 1. The average molecular weight is 531 g/mol. The van der Waals surface area contributed by atoms with Crippen LogP contribution in [0, 0.1) is 0 Å². The van der Waals surface area contributed by atoms with Crippen molar-refractivity contribution in [2.24, 2.45) is 5.73 Å². The number of rotatable bonds is 9. The molecule has 0 radical (unpaired) electrons. The van der Waals surface area contributed by atoms with E-state index in [0.29, 0.717) is 22.7 Å². The second-order valence-electron chi connectivity index (χ2n) is 8.69. The molecule has 5 N–H and O–H groups in total. The summed E-state index contributed by atoms with van der Waals surface area (Å²) in [6, 6.07) is 23.6. The molecule has 0 bridgehead atoms. The highest BCUT2D eigenvalue weighted by atomic mass is 35.5. The van der Waals surface area contributed by atoms with Gasteiger partial charge in [0.05, 0.1) is 19.0 Å². The van der Waals surface area contributed by atoms with Gasteiger partial charge in [0.2, 0.25) is 0 Å². The second kappa shape index (κ2) is 12.2. The van der Waals surface area contributed by atoms with E-state index in [4.69, 9.17) is 17.3 Å². The van der Waals surface area contributed by atoms with E-state index in [1.165, 1.54) is 4.57 Å². The van der Waals surface area contributed by atoms with E-state index in [-0.39, 0.29) is 18.7 Å². The van der Waals surface area contributed by atoms with Crippen LogP contribution in [-0.2, 0) is 17.9 Å². The number of hydrogen-bond acceptors (Lipinski definition) is 4. The Bertz CT molecular complexity index is 1490. The summed E-state index contributed by atoms with van der Waals surface area (Å²) < 4.78 is 1.46. The minimum absolute atomic E-state index is 0.0656. The van der Waals surface area contributed by atoms with E-state index in [9.17, 15) is 19.5 Å². The highest BCUT2D eigenvalue weighted by Crippen LogP contribution is 2.26. The van der Waals surface area contributed by atoms with Gasteiger partial charge in [-0.2, -0.15) is 0 Å². The third-order valence-electron chi connectivity index (χ3n) is 6.09. The molecule has 194 valence electrons. The molecule has 38 heavy (non-hydrogen) atoms. The summed E-state index contributed by atoms with van der Waals surface area (Å²) in [6.07, 6.45) is 1.32. The first-order chi connectivity index (χ1) is 18.4. The largest absolute Gasteiger partial charge is 0.481 e. The molecule has 1 heterocycles. The molecule has 0 saturated carbocycles. The topological polar surface area (TPSA) is 126 Å². The summed E-state index contributed by atoms with van der Waals surface area (Å²) in [4.78, 5) is 38.3. The number of aliphatic carboxylic acids is 1. The van der Waals surface area contributed by atoms with Gasteiger partial charge in [-0.25, -0.2) is 4.79 Å². The Balaban J connectivity index is 1.67. The van der Waals surface area contributed by atoms with Gasteiger partial charge in [-0.1, -0.05) is 84.4 Å². The Labute approximate surface area is 224 Å². The average Bonchev–Trinajstić information content (AvgIpc) is 2.92. The van der Waals surface area contributed by atoms with Gasteiger partial charge in [-0.3, -0.25) is 9.59 Å². The summed E-state index contributed by atoms with van der Waals surface area (Å²) in [5.41, 5.74) is 8.80. The number of nitrogens with zero attached hydrogens (tertiary/aromatic N) is 1. The molecule has 4 aromatic rings. The Kier molecular flexibility index (Phi) is 8.58. The molecule has 0 aliphatic rings. The zero-order valence-electron chi connectivity index (χ0n) is 20.4. The number of carboxylic acid groups (broad SMARTS) is 1. The lowest BCUT2D eigenvalue weighted by atomic mass is 10.0. The fraction of sp³-hybridized carbons (Fsp3) is 0.138.